The molecule has 4 aromatic rings. The number of nitrogens with zero attached hydrogens (tertiary/aromatic N) is 6. The number of aliphatic hydroxyl groups is 2. The molecule has 0 aliphatic heterocycles. The van der Waals surface area contributed by atoms with Gasteiger partial charge in [-0.1, -0.05) is 60.3 Å². The van der Waals surface area contributed by atoms with Crippen LogP contribution in [0.2, 0.25) is 0 Å². The Morgan fingerprint density at radius 1 is 1.10 bits per heavy atom. The first-order valence-corrected chi connectivity index (χ1v) is 14.6. The lowest BCUT2D eigenvalue weighted by Gasteiger charge is -2.17. The summed E-state index contributed by atoms with van der Waals surface area (Å²) in [7, 11) is 0. The molecule has 0 bridgehead atoms. The molecule has 0 saturated heterocycles. The number of pyridine rings is 1. The summed E-state index contributed by atoms with van der Waals surface area (Å²) in [6.45, 7) is 2.38. The average molecular weight is 561 g/mol. The van der Waals surface area contributed by atoms with Crippen LogP contribution in [0.25, 0.3) is 11.2 Å². The minimum Gasteiger partial charge on any atom is -0.390 e. The molecule has 2 aliphatic rings. The van der Waals surface area contributed by atoms with Gasteiger partial charge in [-0.25, -0.2) is 14.6 Å². The van der Waals surface area contributed by atoms with Crippen LogP contribution < -0.4 is 10.6 Å². The van der Waals surface area contributed by atoms with Gasteiger partial charge < -0.3 is 20.8 Å². The van der Waals surface area contributed by atoms with Crippen molar-refractivity contribution in [1.29, 1.82) is 0 Å². The summed E-state index contributed by atoms with van der Waals surface area (Å²) in [6, 6.07) is 13.6. The van der Waals surface area contributed by atoms with Gasteiger partial charge in [-0.2, -0.15) is 0 Å². The van der Waals surface area contributed by atoms with Crippen LogP contribution in [0.4, 0.5) is 5.82 Å². The summed E-state index contributed by atoms with van der Waals surface area (Å²) in [5, 5.41) is 37.5. The number of aromatic nitrogens is 6. The molecule has 6 atom stereocenters. The Morgan fingerprint density at radius 2 is 1.95 bits per heavy atom. The minimum absolute atomic E-state index is 0.197. The summed E-state index contributed by atoms with van der Waals surface area (Å²) in [6.07, 6.45) is 3.04. The fourth-order valence-electron chi connectivity index (χ4n) is 5.33. The summed E-state index contributed by atoms with van der Waals surface area (Å²) in [4.78, 5) is 26.5. The van der Waals surface area contributed by atoms with Crippen molar-refractivity contribution in [3.05, 3.63) is 66.0 Å². The van der Waals surface area contributed by atoms with E-state index in [4.69, 9.17) is 9.97 Å². The third-order valence-corrected chi connectivity index (χ3v) is 8.62. The first-order valence-electron chi connectivity index (χ1n) is 13.6. The second-order valence-corrected chi connectivity index (χ2v) is 11.4. The molecule has 2 aliphatic carbocycles. The third kappa shape index (κ3) is 5.38. The predicted octanol–water partition coefficient (Wildman–Crippen LogP) is 2.69. The van der Waals surface area contributed by atoms with Crippen molar-refractivity contribution in [2.45, 2.75) is 68.1 Å². The maximum absolute atomic E-state index is 13.0. The fraction of sp³-hybridized carbons (Fsp3) is 0.429. The second kappa shape index (κ2) is 11.5. The lowest BCUT2D eigenvalue weighted by molar-refractivity contribution is -0.129. The van der Waals surface area contributed by atoms with Crippen LogP contribution in [0.1, 0.15) is 49.3 Å². The van der Waals surface area contributed by atoms with E-state index in [-0.39, 0.29) is 24.9 Å². The van der Waals surface area contributed by atoms with Crippen molar-refractivity contribution in [2.24, 2.45) is 5.92 Å². The molecule has 0 spiro atoms. The van der Waals surface area contributed by atoms with Gasteiger partial charge in [-0.05, 0) is 36.5 Å². The largest absolute Gasteiger partial charge is 0.390 e. The van der Waals surface area contributed by atoms with Crippen molar-refractivity contribution in [3.8, 4) is 0 Å². The number of hydrogen-bond acceptors (Lipinski definition) is 10. The number of fused-ring (bicyclic) bond motifs is 1. The zero-order chi connectivity index (χ0) is 27.6. The first-order chi connectivity index (χ1) is 19.5. The molecule has 0 radical (unpaired) electrons. The number of aliphatic hydroxyl groups excluding tert-OH is 2. The number of benzene rings is 1. The summed E-state index contributed by atoms with van der Waals surface area (Å²) in [5.41, 5.74) is 3.11. The standard InChI is InChI=1S/C28H32N8O3S/c1-2-11-40-28-32-25(31-20-12-18(20)17-8-4-3-5-9-17)22-26(33-28)36(35-34-22)21-13-19(23(37)24(21)38)27(39)30-15-16-7-6-10-29-14-16/h3-10,14,18-21,23-24,37-38H,2,11-13,15H2,1H3,(H,30,39)(H,31,32,33)/t18?,19-,20?,21?,23+,24?/m1/s1. The monoisotopic (exact) mass is 560 g/mol. The quantitative estimate of drug-likeness (QED) is 0.168. The molecule has 2 fully saturated rings. The molecule has 4 N–H and O–H groups in total. The fourth-order valence-corrected chi connectivity index (χ4v) is 6.02. The van der Waals surface area contributed by atoms with E-state index in [1.165, 1.54) is 5.56 Å². The zero-order valence-electron chi connectivity index (χ0n) is 22.1. The highest BCUT2D eigenvalue weighted by atomic mass is 32.2. The molecule has 2 saturated carbocycles. The number of rotatable bonds is 10. The smallest absolute Gasteiger partial charge is 0.226 e. The Bertz CT molecular complexity index is 1470. The molecule has 6 rings (SSSR count). The maximum Gasteiger partial charge on any atom is 0.226 e. The number of carbonyl (C=O) groups is 1. The van der Waals surface area contributed by atoms with Crippen molar-refractivity contribution < 1.29 is 15.0 Å². The van der Waals surface area contributed by atoms with Crippen LogP contribution in [-0.2, 0) is 11.3 Å². The zero-order valence-corrected chi connectivity index (χ0v) is 22.9. The molecular formula is C28H32N8O3S. The third-order valence-electron chi connectivity index (χ3n) is 7.57. The van der Waals surface area contributed by atoms with E-state index in [1.54, 1.807) is 34.9 Å². The van der Waals surface area contributed by atoms with Gasteiger partial charge in [-0.15, -0.1) is 5.10 Å². The highest BCUT2D eigenvalue weighted by Gasteiger charge is 2.47. The molecule has 3 aromatic heterocycles. The Hall–Kier alpha value is -3.61. The van der Waals surface area contributed by atoms with Crippen LogP contribution in [0, 0.1) is 5.92 Å². The van der Waals surface area contributed by atoms with Gasteiger partial charge in [0, 0.05) is 36.7 Å². The highest BCUT2D eigenvalue weighted by molar-refractivity contribution is 7.99. The lowest BCUT2D eigenvalue weighted by atomic mass is 10.0. The van der Waals surface area contributed by atoms with Crippen molar-refractivity contribution in [2.75, 3.05) is 11.1 Å². The number of amides is 1. The van der Waals surface area contributed by atoms with E-state index in [9.17, 15) is 15.0 Å². The van der Waals surface area contributed by atoms with E-state index in [0.29, 0.717) is 28.1 Å². The van der Waals surface area contributed by atoms with Gasteiger partial charge in [0.05, 0.1) is 18.1 Å². The van der Waals surface area contributed by atoms with E-state index in [0.717, 1.165) is 24.2 Å². The van der Waals surface area contributed by atoms with Crippen LogP contribution in [0.5, 0.6) is 0 Å². The topological polar surface area (TPSA) is 151 Å². The van der Waals surface area contributed by atoms with Crippen molar-refractivity contribution in [3.63, 3.8) is 0 Å². The van der Waals surface area contributed by atoms with Crippen LogP contribution in [0.3, 0.4) is 0 Å². The molecule has 208 valence electrons. The summed E-state index contributed by atoms with van der Waals surface area (Å²) < 4.78 is 1.54. The average Bonchev–Trinajstić information content (AvgIpc) is 3.53. The Balaban J connectivity index is 1.23. The predicted molar refractivity (Wildman–Crippen MR) is 151 cm³/mol. The highest BCUT2D eigenvalue weighted by Crippen LogP contribution is 2.43. The van der Waals surface area contributed by atoms with Crippen LogP contribution >= 0.6 is 11.8 Å². The number of carbonyl (C=O) groups excluding carboxylic acids is 1. The Labute approximate surface area is 235 Å². The number of thioether (sulfide) groups is 1. The van der Waals surface area contributed by atoms with Gasteiger partial charge in [0.25, 0.3) is 0 Å². The summed E-state index contributed by atoms with van der Waals surface area (Å²) in [5.74, 6) is 0.719. The van der Waals surface area contributed by atoms with E-state index in [2.05, 4.69) is 45.0 Å². The normalized spacial score (nSPS) is 25.7. The number of anilines is 1. The second-order valence-electron chi connectivity index (χ2n) is 10.4. The first kappa shape index (κ1) is 26.6. The number of nitrogens with one attached hydrogen (secondary N) is 2. The molecule has 3 heterocycles. The van der Waals surface area contributed by atoms with Gasteiger partial charge in [0.1, 0.15) is 6.10 Å². The minimum atomic E-state index is -1.25. The van der Waals surface area contributed by atoms with E-state index in [1.807, 2.05) is 24.3 Å². The van der Waals surface area contributed by atoms with Crippen LogP contribution in [-0.4, -0.2) is 70.1 Å². The van der Waals surface area contributed by atoms with Gasteiger partial charge >= 0.3 is 0 Å². The number of hydrogen-bond donors (Lipinski definition) is 4. The Morgan fingerprint density at radius 3 is 2.73 bits per heavy atom. The Kier molecular flexibility index (Phi) is 7.63. The van der Waals surface area contributed by atoms with Crippen molar-refractivity contribution in [1.82, 2.24) is 35.3 Å². The molecule has 1 amide bonds. The molecule has 40 heavy (non-hydrogen) atoms. The van der Waals surface area contributed by atoms with Gasteiger partial charge in [0.2, 0.25) is 5.91 Å². The molecule has 1 aromatic carbocycles. The van der Waals surface area contributed by atoms with Gasteiger partial charge in [-0.3, -0.25) is 9.78 Å². The van der Waals surface area contributed by atoms with E-state index < -0.39 is 24.2 Å². The SMILES string of the molecule is CCCSc1nc(NC2CC2c2ccccc2)c2nnn(C3C[C@@H](C(=O)NCc4cccnc4)[C@H](O)C3O)c2n1. The molecular weight excluding hydrogens is 528 g/mol. The summed E-state index contributed by atoms with van der Waals surface area (Å²) >= 11 is 1.55. The van der Waals surface area contributed by atoms with Crippen molar-refractivity contribution >= 4 is 34.7 Å². The lowest BCUT2D eigenvalue weighted by Crippen LogP contribution is -2.38. The molecule has 11 nitrogen and oxygen atoms in total. The van der Waals surface area contributed by atoms with E-state index >= 15 is 0 Å². The molecule has 4 unspecified atom stereocenters. The maximum atomic E-state index is 13.0. The van der Waals surface area contributed by atoms with Crippen LogP contribution in [0.15, 0.2) is 60.0 Å². The molecule has 12 heteroatoms. The van der Waals surface area contributed by atoms with Gasteiger partial charge in [0.15, 0.2) is 22.1 Å².